The molecule has 4 rings (SSSR count). The molecule has 0 aliphatic carbocycles. The summed E-state index contributed by atoms with van der Waals surface area (Å²) in [5.74, 6) is -3.35. The zero-order chi connectivity index (χ0) is 26.0. The highest BCUT2D eigenvalue weighted by Crippen LogP contribution is 2.35. The Hall–Kier alpha value is -3.73. The Bertz CT molecular complexity index is 1400. The number of H-pyrrole nitrogens is 2. The van der Waals surface area contributed by atoms with Gasteiger partial charge in [0.15, 0.2) is 5.69 Å². The lowest BCUT2D eigenvalue weighted by molar-refractivity contribution is -0.138. The summed E-state index contributed by atoms with van der Waals surface area (Å²) in [4.78, 5) is 12.5. The van der Waals surface area contributed by atoms with Crippen LogP contribution < -0.4 is 5.32 Å². The van der Waals surface area contributed by atoms with Crippen LogP contribution in [0.25, 0.3) is 0 Å². The van der Waals surface area contributed by atoms with E-state index in [1.54, 1.807) is 30.5 Å². The molecule has 0 aliphatic rings. The fourth-order valence-electron chi connectivity index (χ4n) is 3.69. The van der Waals surface area contributed by atoms with Crippen molar-refractivity contribution in [3.8, 4) is 0 Å². The van der Waals surface area contributed by atoms with Gasteiger partial charge in [-0.1, -0.05) is 35.9 Å². The van der Waals surface area contributed by atoms with Gasteiger partial charge in [-0.3, -0.25) is 15.0 Å². The predicted octanol–water partition coefficient (Wildman–Crippen LogP) is 5.50. The normalized spacial score (nSPS) is 11.6. The Labute approximate surface area is 206 Å². The van der Waals surface area contributed by atoms with Crippen LogP contribution in [0.1, 0.15) is 49.7 Å². The van der Waals surface area contributed by atoms with E-state index in [1.807, 2.05) is 6.92 Å². The van der Waals surface area contributed by atoms with Crippen molar-refractivity contribution in [3.05, 3.63) is 104 Å². The second-order valence-electron chi connectivity index (χ2n) is 8.13. The Morgan fingerprint density at radius 3 is 2.22 bits per heavy atom. The molecule has 0 saturated heterocycles. The SMILES string of the molecule is Cc1cn[nH]c1Cc1ccc(Cc2[nH]nc(C(=O)NCc3c(F)ccc(Cl)c3F)c2C(F)(F)F)cc1. The van der Waals surface area contributed by atoms with Crippen LogP contribution in [0.2, 0.25) is 5.02 Å². The summed E-state index contributed by atoms with van der Waals surface area (Å²) in [5, 5.41) is 14.4. The summed E-state index contributed by atoms with van der Waals surface area (Å²) in [6, 6.07) is 8.84. The van der Waals surface area contributed by atoms with Crippen LogP contribution >= 0.6 is 11.6 Å². The van der Waals surface area contributed by atoms with Gasteiger partial charge < -0.3 is 5.32 Å². The standard InChI is InChI=1S/C24H19ClF5N5O/c1-12-10-32-33-18(12)8-13-2-4-14(5-3-13)9-19-20(24(28,29)30)22(35-34-19)23(36)31-11-15-17(26)7-6-16(25)21(15)27/h2-7,10H,8-9,11H2,1H3,(H,31,36)(H,32,33)(H,34,35). The molecule has 36 heavy (non-hydrogen) atoms. The molecule has 0 aliphatic heterocycles. The van der Waals surface area contributed by atoms with Crippen molar-refractivity contribution < 1.29 is 26.7 Å². The summed E-state index contributed by atoms with van der Waals surface area (Å²) < 4.78 is 69.6. The van der Waals surface area contributed by atoms with Gasteiger partial charge in [-0.2, -0.15) is 23.4 Å². The zero-order valence-electron chi connectivity index (χ0n) is 18.7. The molecule has 1 amide bonds. The molecule has 0 saturated carbocycles. The molecule has 0 bridgehead atoms. The predicted molar refractivity (Wildman–Crippen MR) is 122 cm³/mol. The Morgan fingerprint density at radius 2 is 1.64 bits per heavy atom. The second kappa shape index (κ2) is 10.1. The minimum atomic E-state index is -4.90. The van der Waals surface area contributed by atoms with Gasteiger partial charge in [-0.25, -0.2) is 8.78 Å². The van der Waals surface area contributed by atoms with Gasteiger partial charge in [-0.05, 0) is 35.7 Å². The molecule has 2 heterocycles. The van der Waals surface area contributed by atoms with Crippen LogP contribution in [-0.2, 0) is 25.6 Å². The number of amides is 1. The summed E-state index contributed by atoms with van der Waals surface area (Å²) in [6.07, 6.45) is -2.78. The van der Waals surface area contributed by atoms with Crippen molar-refractivity contribution >= 4 is 17.5 Å². The lowest BCUT2D eigenvalue weighted by Gasteiger charge is -2.11. The maximum atomic E-state index is 14.1. The molecule has 3 N–H and O–H groups in total. The van der Waals surface area contributed by atoms with E-state index >= 15 is 0 Å². The average molecular weight is 524 g/mol. The van der Waals surface area contributed by atoms with Gasteiger partial charge in [0, 0.05) is 30.6 Å². The van der Waals surface area contributed by atoms with Crippen molar-refractivity contribution in [2.24, 2.45) is 0 Å². The summed E-state index contributed by atoms with van der Waals surface area (Å²) in [6.45, 7) is 1.20. The smallest absolute Gasteiger partial charge is 0.346 e. The van der Waals surface area contributed by atoms with Crippen LogP contribution in [0.5, 0.6) is 0 Å². The summed E-state index contributed by atoms with van der Waals surface area (Å²) in [7, 11) is 0. The molecule has 2 aromatic carbocycles. The number of nitrogens with zero attached hydrogens (tertiary/aromatic N) is 2. The maximum absolute atomic E-state index is 14.1. The Morgan fingerprint density at radius 1 is 1.00 bits per heavy atom. The van der Waals surface area contributed by atoms with Gasteiger partial charge >= 0.3 is 6.18 Å². The van der Waals surface area contributed by atoms with Crippen molar-refractivity contribution in [1.29, 1.82) is 0 Å². The van der Waals surface area contributed by atoms with Crippen LogP contribution in [0.15, 0.2) is 42.6 Å². The summed E-state index contributed by atoms with van der Waals surface area (Å²) >= 11 is 5.61. The number of halogens is 6. The van der Waals surface area contributed by atoms with Crippen molar-refractivity contribution in [3.63, 3.8) is 0 Å². The highest BCUT2D eigenvalue weighted by Gasteiger charge is 2.40. The molecule has 188 valence electrons. The Balaban J connectivity index is 1.52. The minimum absolute atomic E-state index is 0.171. The van der Waals surface area contributed by atoms with E-state index in [2.05, 4.69) is 25.7 Å². The quantitative estimate of drug-likeness (QED) is 0.221. The monoisotopic (exact) mass is 523 g/mol. The van der Waals surface area contributed by atoms with Gasteiger partial charge in [0.25, 0.3) is 5.91 Å². The molecular formula is C24H19ClF5N5O. The van der Waals surface area contributed by atoms with E-state index < -0.39 is 47.1 Å². The first-order valence-corrected chi connectivity index (χ1v) is 11.0. The fraction of sp³-hybridized carbons (Fsp3) is 0.208. The number of carbonyl (C=O) groups is 1. The third-order valence-corrected chi connectivity index (χ3v) is 5.91. The number of aryl methyl sites for hydroxylation is 1. The van der Waals surface area contributed by atoms with E-state index in [0.717, 1.165) is 29.0 Å². The largest absolute Gasteiger partial charge is 0.420 e. The molecule has 0 radical (unpaired) electrons. The molecule has 0 unspecified atom stereocenters. The molecular weight excluding hydrogens is 505 g/mol. The summed E-state index contributed by atoms with van der Waals surface area (Å²) in [5.41, 5.74) is 0.366. The van der Waals surface area contributed by atoms with Crippen molar-refractivity contribution in [1.82, 2.24) is 25.7 Å². The number of hydrogen-bond acceptors (Lipinski definition) is 3. The van der Waals surface area contributed by atoms with E-state index in [1.165, 1.54) is 0 Å². The number of benzene rings is 2. The fourth-order valence-corrected chi connectivity index (χ4v) is 3.87. The molecule has 12 heteroatoms. The third-order valence-electron chi connectivity index (χ3n) is 5.62. The Kier molecular flexibility index (Phi) is 7.11. The number of nitrogens with one attached hydrogen (secondary N) is 3. The van der Waals surface area contributed by atoms with E-state index in [9.17, 15) is 26.7 Å². The van der Waals surface area contributed by atoms with Crippen molar-refractivity contribution in [2.45, 2.75) is 32.5 Å². The molecule has 0 spiro atoms. The number of rotatable bonds is 7. The average Bonchev–Trinajstić information content (AvgIpc) is 3.43. The molecule has 6 nitrogen and oxygen atoms in total. The lowest BCUT2D eigenvalue weighted by atomic mass is 10.0. The van der Waals surface area contributed by atoms with E-state index in [-0.39, 0.29) is 17.1 Å². The van der Waals surface area contributed by atoms with Crippen LogP contribution in [-0.4, -0.2) is 26.3 Å². The second-order valence-corrected chi connectivity index (χ2v) is 8.54. The minimum Gasteiger partial charge on any atom is -0.346 e. The van der Waals surface area contributed by atoms with E-state index in [0.29, 0.717) is 12.0 Å². The number of aromatic nitrogens is 4. The first-order chi connectivity index (χ1) is 17.0. The van der Waals surface area contributed by atoms with Gasteiger partial charge in [0.05, 0.1) is 16.9 Å². The highest BCUT2D eigenvalue weighted by atomic mass is 35.5. The maximum Gasteiger partial charge on any atom is 0.420 e. The first-order valence-electron chi connectivity index (χ1n) is 10.7. The number of hydrogen-bond donors (Lipinski definition) is 3. The molecule has 2 aromatic heterocycles. The first kappa shape index (κ1) is 25.4. The molecule has 0 atom stereocenters. The van der Waals surface area contributed by atoms with Gasteiger partial charge in [0.1, 0.15) is 17.2 Å². The topological polar surface area (TPSA) is 86.5 Å². The zero-order valence-corrected chi connectivity index (χ0v) is 19.5. The lowest BCUT2D eigenvalue weighted by Crippen LogP contribution is -2.27. The van der Waals surface area contributed by atoms with Crippen LogP contribution in [0, 0.1) is 18.6 Å². The van der Waals surface area contributed by atoms with Gasteiger partial charge in [-0.15, -0.1) is 0 Å². The third kappa shape index (κ3) is 5.40. The van der Waals surface area contributed by atoms with E-state index in [4.69, 9.17) is 11.6 Å². The van der Waals surface area contributed by atoms with Crippen LogP contribution in [0.4, 0.5) is 22.0 Å². The van der Waals surface area contributed by atoms with Gasteiger partial charge in [0.2, 0.25) is 0 Å². The molecule has 4 aromatic rings. The number of carbonyl (C=O) groups excluding carboxylic acids is 1. The van der Waals surface area contributed by atoms with Crippen LogP contribution in [0.3, 0.4) is 0 Å². The molecule has 0 fully saturated rings. The van der Waals surface area contributed by atoms with Crippen molar-refractivity contribution in [2.75, 3.05) is 0 Å². The highest BCUT2D eigenvalue weighted by molar-refractivity contribution is 6.30. The number of alkyl halides is 3. The number of aromatic amines is 2.